The van der Waals surface area contributed by atoms with Gasteiger partial charge in [-0.2, -0.15) is 0 Å². The van der Waals surface area contributed by atoms with Gasteiger partial charge in [0.05, 0.1) is 0 Å². The molecule has 2 nitrogen and oxygen atoms in total. The van der Waals surface area contributed by atoms with Crippen molar-refractivity contribution >= 4 is 0 Å². The summed E-state index contributed by atoms with van der Waals surface area (Å²) in [6, 6.07) is 8.82. The Morgan fingerprint density at radius 3 is 1.59 bits per heavy atom. The zero-order chi connectivity index (χ0) is 19.2. The predicted molar refractivity (Wildman–Crippen MR) is 117 cm³/mol. The highest BCUT2D eigenvalue weighted by Gasteiger charge is 2.03. The average molecular weight is 367 g/mol. The van der Waals surface area contributed by atoms with E-state index in [-0.39, 0.29) is 0 Å². The summed E-state index contributed by atoms with van der Waals surface area (Å²) >= 11 is 0. The number of benzene rings is 1. The number of hydrogen-bond acceptors (Lipinski definition) is 2. The molecular formula is C25H38N2. The van der Waals surface area contributed by atoms with Crippen LogP contribution in [0.5, 0.6) is 0 Å². The van der Waals surface area contributed by atoms with E-state index in [1.54, 1.807) is 0 Å². The Morgan fingerprint density at radius 2 is 1.04 bits per heavy atom. The van der Waals surface area contributed by atoms with Gasteiger partial charge in [-0.1, -0.05) is 95.9 Å². The lowest BCUT2D eigenvalue weighted by molar-refractivity contribution is 0.607. The molecule has 0 radical (unpaired) electrons. The van der Waals surface area contributed by atoms with Crippen LogP contribution in [-0.2, 0) is 12.8 Å². The molecule has 2 rings (SSSR count). The Balaban J connectivity index is 1.74. The number of nitrogens with zero attached hydrogens (tertiary/aromatic N) is 2. The molecule has 0 aliphatic heterocycles. The van der Waals surface area contributed by atoms with Crippen molar-refractivity contribution < 1.29 is 0 Å². The summed E-state index contributed by atoms with van der Waals surface area (Å²) < 4.78 is 0. The molecule has 0 aliphatic rings. The summed E-state index contributed by atoms with van der Waals surface area (Å²) in [5.41, 5.74) is 3.81. The summed E-state index contributed by atoms with van der Waals surface area (Å²) in [5, 5.41) is 0. The van der Waals surface area contributed by atoms with Crippen molar-refractivity contribution in [3.8, 4) is 11.4 Å². The molecule has 0 bridgehead atoms. The van der Waals surface area contributed by atoms with Gasteiger partial charge in [-0.15, -0.1) is 0 Å². The van der Waals surface area contributed by atoms with Crippen molar-refractivity contribution in [2.75, 3.05) is 0 Å². The molecular weight excluding hydrogens is 328 g/mol. The van der Waals surface area contributed by atoms with Crippen LogP contribution in [0.3, 0.4) is 0 Å². The topological polar surface area (TPSA) is 25.8 Å². The molecule has 0 spiro atoms. The molecule has 0 unspecified atom stereocenters. The maximum Gasteiger partial charge on any atom is 0.159 e. The lowest BCUT2D eigenvalue weighted by atomic mass is 10.0. The highest BCUT2D eigenvalue weighted by Crippen LogP contribution is 2.18. The average Bonchev–Trinajstić information content (AvgIpc) is 2.71. The number of hydrogen-bond donors (Lipinski definition) is 0. The summed E-state index contributed by atoms with van der Waals surface area (Å²) in [7, 11) is 0. The number of aryl methyl sites for hydroxylation is 2. The second kappa shape index (κ2) is 13.5. The van der Waals surface area contributed by atoms with Crippen molar-refractivity contribution in [1.82, 2.24) is 9.97 Å². The monoisotopic (exact) mass is 366 g/mol. The molecule has 2 aromatic rings. The van der Waals surface area contributed by atoms with Crippen LogP contribution in [0.15, 0.2) is 36.7 Å². The van der Waals surface area contributed by atoms with E-state index in [2.05, 4.69) is 48.1 Å². The number of unbranched alkanes of at least 4 members (excludes halogenated alkanes) is 9. The first-order valence-electron chi connectivity index (χ1n) is 11.2. The highest BCUT2D eigenvalue weighted by atomic mass is 14.9. The van der Waals surface area contributed by atoms with Crippen molar-refractivity contribution in [3.63, 3.8) is 0 Å². The first-order valence-corrected chi connectivity index (χ1v) is 11.2. The fourth-order valence-electron chi connectivity index (χ4n) is 3.50. The minimum Gasteiger partial charge on any atom is -0.236 e. The lowest BCUT2D eigenvalue weighted by Crippen LogP contribution is -1.94. The van der Waals surface area contributed by atoms with Gasteiger partial charge < -0.3 is 0 Å². The van der Waals surface area contributed by atoms with Gasteiger partial charge in [-0.3, -0.25) is 0 Å². The van der Waals surface area contributed by atoms with Crippen LogP contribution < -0.4 is 0 Å². The van der Waals surface area contributed by atoms with Crippen LogP contribution >= 0.6 is 0 Å². The van der Waals surface area contributed by atoms with E-state index in [1.807, 2.05) is 12.4 Å². The highest BCUT2D eigenvalue weighted by molar-refractivity contribution is 5.55. The largest absolute Gasteiger partial charge is 0.236 e. The van der Waals surface area contributed by atoms with Gasteiger partial charge in [0.2, 0.25) is 0 Å². The lowest BCUT2D eigenvalue weighted by Gasteiger charge is -2.05. The second-order valence-electron chi connectivity index (χ2n) is 7.79. The predicted octanol–water partition coefficient (Wildman–Crippen LogP) is 7.56. The summed E-state index contributed by atoms with van der Waals surface area (Å²) in [6.07, 6.45) is 21.0. The summed E-state index contributed by atoms with van der Waals surface area (Å²) in [4.78, 5) is 9.18. The van der Waals surface area contributed by atoms with E-state index in [9.17, 15) is 0 Å². The molecule has 27 heavy (non-hydrogen) atoms. The molecule has 0 N–H and O–H groups in total. The normalized spacial score (nSPS) is 11.0. The van der Waals surface area contributed by atoms with Crippen molar-refractivity contribution in [2.24, 2.45) is 0 Å². The third-order valence-corrected chi connectivity index (χ3v) is 5.31. The zero-order valence-electron chi connectivity index (χ0n) is 17.6. The number of rotatable bonds is 14. The minimum absolute atomic E-state index is 0.844. The van der Waals surface area contributed by atoms with Crippen LogP contribution in [0.25, 0.3) is 11.4 Å². The first kappa shape index (κ1) is 21.6. The van der Waals surface area contributed by atoms with E-state index in [1.165, 1.54) is 88.2 Å². The molecule has 148 valence electrons. The third kappa shape index (κ3) is 8.69. The van der Waals surface area contributed by atoms with E-state index in [0.29, 0.717) is 0 Å². The molecule has 1 aromatic carbocycles. The molecule has 0 saturated carbocycles. The van der Waals surface area contributed by atoms with Crippen molar-refractivity contribution in [1.29, 1.82) is 0 Å². The molecule has 2 heteroatoms. The van der Waals surface area contributed by atoms with E-state index < -0.39 is 0 Å². The second-order valence-corrected chi connectivity index (χ2v) is 7.79. The van der Waals surface area contributed by atoms with Gasteiger partial charge in [0, 0.05) is 18.0 Å². The fraction of sp³-hybridized carbons (Fsp3) is 0.600. The quantitative estimate of drug-likeness (QED) is 0.322. The van der Waals surface area contributed by atoms with Gasteiger partial charge in [0.25, 0.3) is 0 Å². The minimum atomic E-state index is 0.844. The molecule has 1 heterocycles. The Hall–Kier alpha value is -1.70. The summed E-state index contributed by atoms with van der Waals surface area (Å²) in [6.45, 7) is 4.53. The molecule has 0 atom stereocenters. The smallest absolute Gasteiger partial charge is 0.159 e. The van der Waals surface area contributed by atoms with Crippen LogP contribution in [0.1, 0.15) is 95.6 Å². The molecule has 0 aliphatic carbocycles. The van der Waals surface area contributed by atoms with Crippen LogP contribution in [-0.4, -0.2) is 9.97 Å². The Morgan fingerprint density at radius 1 is 0.556 bits per heavy atom. The van der Waals surface area contributed by atoms with Crippen molar-refractivity contribution in [3.05, 3.63) is 47.8 Å². The standard InChI is InChI=1S/C25H38N2/c1-3-5-7-9-11-13-15-23-20-26-25(27-21-23)24-18-16-22(17-19-24)14-12-10-8-6-4-2/h16-21H,3-15H2,1-2H3. The Labute approximate surface area is 166 Å². The van der Waals surface area contributed by atoms with Crippen LogP contribution in [0, 0.1) is 0 Å². The Bertz CT molecular complexity index is 601. The van der Waals surface area contributed by atoms with Gasteiger partial charge in [-0.05, 0) is 36.8 Å². The Kier molecular flexibility index (Phi) is 10.8. The maximum absolute atomic E-state index is 4.59. The first-order chi connectivity index (χ1) is 13.3. The maximum atomic E-state index is 4.59. The van der Waals surface area contributed by atoms with Crippen LogP contribution in [0.2, 0.25) is 0 Å². The molecule has 0 amide bonds. The van der Waals surface area contributed by atoms with Gasteiger partial charge in [-0.25, -0.2) is 9.97 Å². The number of aromatic nitrogens is 2. The van der Waals surface area contributed by atoms with Gasteiger partial charge in [0.15, 0.2) is 5.82 Å². The molecule has 1 aromatic heterocycles. The third-order valence-electron chi connectivity index (χ3n) is 5.31. The van der Waals surface area contributed by atoms with Gasteiger partial charge in [0.1, 0.15) is 0 Å². The van der Waals surface area contributed by atoms with Crippen molar-refractivity contribution in [2.45, 2.75) is 97.3 Å². The van der Waals surface area contributed by atoms with E-state index in [4.69, 9.17) is 0 Å². The van der Waals surface area contributed by atoms with Gasteiger partial charge >= 0.3 is 0 Å². The van der Waals surface area contributed by atoms with E-state index in [0.717, 1.165) is 17.8 Å². The summed E-state index contributed by atoms with van der Waals surface area (Å²) in [5.74, 6) is 0.844. The zero-order valence-corrected chi connectivity index (χ0v) is 17.6. The molecule has 0 saturated heterocycles. The fourth-order valence-corrected chi connectivity index (χ4v) is 3.50. The van der Waals surface area contributed by atoms with E-state index >= 15 is 0 Å². The molecule has 0 fully saturated rings. The SMILES string of the molecule is CCCCCCCCc1cnc(-c2ccc(CCCCCCC)cc2)nc1. The van der Waals surface area contributed by atoms with Crippen LogP contribution in [0.4, 0.5) is 0 Å².